The molecule has 5 nitrogen and oxygen atoms in total. The Bertz CT molecular complexity index is 799. The third-order valence-electron chi connectivity index (χ3n) is 4.53. The van der Waals surface area contributed by atoms with E-state index < -0.39 is 0 Å². The highest BCUT2D eigenvalue weighted by Crippen LogP contribution is 2.22. The minimum atomic E-state index is -0.0522. The predicted octanol–water partition coefficient (Wildman–Crippen LogP) is 4.26. The number of carbonyl (C=O) groups is 2. The van der Waals surface area contributed by atoms with Gasteiger partial charge in [-0.3, -0.25) is 9.59 Å². The predicted molar refractivity (Wildman–Crippen MR) is 108 cm³/mol. The summed E-state index contributed by atoms with van der Waals surface area (Å²) in [5, 5.41) is 1.25. The minimum Gasteiger partial charge on any atom is -0.486 e. The molecule has 1 amide bonds. The van der Waals surface area contributed by atoms with E-state index in [2.05, 4.69) is 0 Å². The first-order valence-corrected chi connectivity index (χ1v) is 9.81. The number of Topliss-reactive ketones (excluding diaryl/α,β-unsaturated/α-hetero) is 1. The van der Waals surface area contributed by atoms with E-state index in [-0.39, 0.29) is 24.9 Å². The molecule has 1 heterocycles. The summed E-state index contributed by atoms with van der Waals surface area (Å²) in [6, 6.07) is 13.8. The summed E-state index contributed by atoms with van der Waals surface area (Å²) in [7, 11) is 0. The average Bonchev–Trinajstić information content (AvgIpc) is 2.66. The Morgan fingerprint density at radius 3 is 1.89 bits per heavy atom. The second kappa shape index (κ2) is 9.80. The van der Waals surface area contributed by atoms with Crippen LogP contribution in [-0.2, 0) is 9.59 Å². The highest BCUT2D eigenvalue weighted by atomic mass is 35.5. The molecule has 0 bridgehead atoms. The van der Waals surface area contributed by atoms with Crippen LogP contribution < -0.4 is 9.47 Å². The van der Waals surface area contributed by atoms with Crippen LogP contribution >= 0.6 is 23.2 Å². The first-order valence-electron chi connectivity index (χ1n) is 9.06. The first kappa shape index (κ1) is 20.5. The van der Waals surface area contributed by atoms with Crippen LogP contribution in [0.1, 0.15) is 12.8 Å². The highest BCUT2D eigenvalue weighted by molar-refractivity contribution is 6.30. The second-order valence-electron chi connectivity index (χ2n) is 6.73. The first-order chi connectivity index (χ1) is 13.5. The van der Waals surface area contributed by atoms with Crippen LogP contribution in [0.2, 0.25) is 10.0 Å². The monoisotopic (exact) mass is 421 g/mol. The summed E-state index contributed by atoms with van der Waals surface area (Å²) >= 11 is 11.6. The Morgan fingerprint density at radius 1 is 0.857 bits per heavy atom. The van der Waals surface area contributed by atoms with Gasteiger partial charge in [-0.1, -0.05) is 23.2 Å². The van der Waals surface area contributed by atoms with E-state index >= 15 is 0 Å². The van der Waals surface area contributed by atoms with Gasteiger partial charge in [-0.05, 0) is 60.9 Å². The molecule has 1 fully saturated rings. The average molecular weight is 422 g/mol. The van der Waals surface area contributed by atoms with Crippen molar-refractivity contribution in [1.82, 2.24) is 4.90 Å². The molecule has 0 radical (unpaired) electrons. The van der Waals surface area contributed by atoms with Crippen LogP contribution in [0.15, 0.2) is 48.5 Å². The molecule has 2 aromatic carbocycles. The largest absolute Gasteiger partial charge is 0.486 e. The Balaban J connectivity index is 1.28. The molecule has 0 aromatic heterocycles. The molecule has 0 saturated carbocycles. The van der Waals surface area contributed by atoms with Crippen molar-refractivity contribution in [2.45, 2.75) is 12.8 Å². The summed E-state index contributed by atoms with van der Waals surface area (Å²) in [6.45, 7) is 1.37. The Morgan fingerprint density at radius 2 is 1.36 bits per heavy atom. The van der Waals surface area contributed by atoms with Gasteiger partial charge in [0.15, 0.2) is 12.4 Å². The van der Waals surface area contributed by atoms with Gasteiger partial charge in [0.05, 0.1) is 0 Å². The molecule has 3 rings (SSSR count). The molecule has 1 aliphatic rings. The molecule has 28 heavy (non-hydrogen) atoms. The standard InChI is InChI=1S/C21H21Cl2NO4/c22-16-2-7-19(8-3-16)27-13-18(25)6-1-15-11-24(12-15)21(26)14-28-20-9-4-17(23)5-10-20/h2-5,7-10,15H,1,6,11-14H2. The van der Waals surface area contributed by atoms with Gasteiger partial charge in [-0.2, -0.15) is 0 Å². The van der Waals surface area contributed by atoms with E-state index in [4.69, 9.17) is 32.7 Å². The molecule has 148 valence electrons. The van der Waals surface area contributed by atoms with Crippen molar-refractivity contribution in [2.24, 2.45) is 5.92 Å². The summed E-state index contributed by atoms with van der Waals surface area (Å²) in [5.74, 6) is 1.58. The Labute approximate surface area is 174 Å². The highest BCUT2D eigenvalue weighted by Gasteiger charge is 2.30. The van der Waals surface area contributed by atoms with E-state index in [1.165, 1.54) is 0 Å². The molecule has 0 unspecified atom stereocenters. The number of hydrogen-bond donors (Lipinski definition) is 0. The van der Waals surface area contributed by atoms with Crippen LogP contribution in [0.4, 0.5) is 0 Å². The van der Waals surface area contributed by atoms with Crippen LogP contribution in [0, 0.1) is 5.92 Å². The fourth-order valence-electron chi connectivity index (χ4n) is 2.86. The number of halogens is 2. The van der Waals surface area contributed by atoms with Gasteiger partial charge in [-0.25, -0.2) is 0 Å². The van der Waals surface area contributed by atoms with Crippen molar-refractivity contribution in [3.8, 4) is 11.5 Å². The zero-order valence-electron chi connectivity index (χ0n) is 15.3. The van der Waals surface area contributed by atoms with Gasteiger partial charge in [0, 0.05) is 29.6 Å². The van der Waals surface area contributed by atoms with Crippen molar-refractivity contribution in [3.63, 3.8) is 0 Å². The smallest absolute Gasteiger partial charge is 0.260 e. The van der Waals surface area contributed by atoms with Gasteiger partial charge in [0.2, 0.25) is 0 Å². The van der Waals surface area contributed by atoms with E-state index in [1.54, 1.807) is 53.4 Å². The Kier molecular flexibility index (Phi) is 7.18. The number of likely N-dealkylation sites (tertiary alicyclic amines) is 1. The lowest BCUT2D eigenvalue weighted by molar-refractivity contribution is -0.140. The molecule has 0 spiro atoms. The SMILES string of the molecule is O=C(CCC1CN(C(=O)COc2ccc(Cl)cc2)C1)COc1ccc(Cl)cc1. The minimum absolute atomic E-state index is 0.00220. The third kappa shape index (κ3) is 6.14. The fourth-order valence-corrected chi connectivity index (χ4v) is 3.11. The van der Waals surface area contributed by atoms with E-state index in [0.29, 0.717) is 47.0 Å². The number of benzene rings is 2. The lowest BCUT2D eigenvalue weighted by Crippen LogP contribution is -2.51. The molecule has 2 aromatic rings. The lowest BCUT2D eigenvalue weighted by atomic mass is 9.93. The van der Waals surface area contributed by atoms with Crippen LogP contribution in [0.3, 0.4) is 0 Å². The van der Waals surface area contributed by atoms with Crippen molar-refractivity contribution < 1.29 is 19.1 Å². The maximum absolute atomic E-state index is 12.1. The summed E-state index contributed by atoms with van der Waals surface area (Å²) in [5.41, 5.74) is 0. The Hall–Kier alpha value is -2.24. The quantitative estimate of drug-likeness (QED) is 0.606. The molecular formula is C21H21Cl2NO4. The summed E-state index contributed by atoms with van der Waals surface area (Å²) < 4.78 is 10.9. The number of rotatable bonds is 9. The number of carbonyl (C=O) groups excluding carboxylic acids is 2. The molecule has 1 aliphatic heterocycles. The molecule has 7 heteroatoms. The van der Waals surface area contributed by atoms with Crippen molar-refractivity contribution in [2.75, 3.05) is 26.3 Å². The van der Waals surface area contributed by atoms with Gasteiger partial charge < -0.3 is 14.4 Å². The number of ether oxygens (including phenoxy) is 2. The van der Waals surface area contributed by atoms with Crippen LogP contribution in [0.25, 0.3) is 0 Å². The number of amides is 1. The maximum Gasteiger partial charge on any atom is 0.260 e. The lowest BCUT2D eigenvalue weighted by Gasteiger charge is -2.39. The van der Waals surface area contributed by atoms with Crippen LogP contribution in [0.5, 0.6) is 11.5 Å². The maximum atomic E-state index is 12.1. The second-order valence-corrected chi connectivity index (χ2v) is 7.60. The number of ketones is 1. The summed E-state index contributed by atoms with van der Waals surface area (Å²) in [4.78, 5) is 25.8. The van der Waals surface area contributed by atoms with Gasteiger partial charge >= 0.3 is 0 Å². The topological polar surface area (TPSA) is 55.8 Å². The number of hydrogen-bond acceptors (Lipinski definition) is 4. The zero-order valence-corrected chi connectivity index (χ0v) is 16.8. The molecular weight excluding hydrogens is 401 g/mol. The van der Waals surface area contributed by atoms with Crippen molar-refractivity contribution in [3.05, 3.63) is 58.6 Å². The number of nitrogens with zero attached hydrogens (tertiary/aromatic N) is 1. The zero-order chi connectivity index (χ0) is 19.9. The van der Waals surface area contributed by atoms with Gasteiger partial charge in [-0.15, -0.1) is 0 Å². The van der Waals surface area contributed by atoms with Crippen molar-refractivity contribution >= 4 is 34.9 Å². The molecule has 0 atom stereocenters. The normalized spacial score (nSPS) is 13.7. The summed E-state index contributed by atoms with van der Waals surface area (Å²) in [6.07, 6.45) is 1.20. The molecule has 0 N–H and O–H groups in total. The van der Waals surface area contributed by atoms with E-state index in [9.17, 15) is 9.59 Å². The van der Waals surface area contributed by atoms with Gasteiger partial charge in [0.1, 0.15) is 18.1 Å². The molecule has 1 saturated heterocycles. The van der Waals surface area contributed by atoms with Crippen molar-refractivity contribution in [1.29, 1.82) is 0 Å². The van der Waals surface area contributed by atoms with E-state index in [0.717, 1.165) is 6.42 Å². The molecule has 0 aliphatic carbocycles. The van der Waals surface area contributed by atoms with Gasteiger partial charge in [0.25, 0.3) is 5.91 Å². The van der Waals surface area contributed by atoms with Crippen LogP contribution in [-0.4, -0.2) is 42.9 Å². The fraction of sp³-hybridized carbons (Fsp3) is 0.333. The third-order valence-corrected chi connectivity index (χ3v) is 5.03. The van der Waals surface area contributed by atoms with E-state index in [1.807, 2.05) is 0 Å².